The van der Waals surface area contributed by atoms with Gasteiger partial charge in [-0.25, -0.2) is 4.39 Å². The average Bonchev–Trinajstić information content (AvgIpc) is 2.55. The SMILES string of the molecule is COc1ccc(NC(=O)C(=O)N[C@H](C)c2ccc(F)cc2)cc1Cl. The molecule has 0 saturated heterocycles. The Morgan fingerprint density at radius 3 is 2.38 bits per heavy atom. The molecule has 0 aliphatic carbocycles. The number of rotatable bonds is 4. The van der Waals surface area contributed by atoms with Gasteiger partial charge in [0, 0.05) is 5.69 Å². The molecule has 0 spiro atoms. The number of halogens is 2. The molecule has 2 aromatic carbocycles. The zero-order chi connectivity index (χ0) is 17.7. The van der Waals surface area contributed by atoms with E-state index < -0.39 is 17.9 Å². The standard InChI is InChI=1S/C17H16ClFN2O3/c1-10(11-3-5-12(19)6-4-11)20-16(22)17(23)21-13-7-8-15(24-2)14(18)9-13/h3-10H,1-2H3,(H,20,22)(H,21,23)/t10-/m1/s1. The molecule has 5 nitrogen and oxygen atoms in total. The van der Waals surface area contributed by atoms with Crippen LogP contribution in [0.3, 0.4) is 0 Å². The van der Waals surface area contributed by atoms with Crippen LogP contribution < -0.4 is 15.4 Å². The molecule has 0 fully saturated rings. The fraction of sp³-hybridized carbons (Fsp3) is 0.176. The number of hydrogen-bond donors (Lipinski definition) is 2. The maximum absolute atomic E-state index is 12.9. The van der Waals surface area contributed by atoms with Crippen molar-refractivity contribution >= 4 is 29.1 Å². The van der Waals surface area contributed by atoms with Gasteiger partial charge in [0.2, 0.25) is 0 Å². The molecule has 0 aliphatic rings. The molecule has 0 aliphatic heterocycles. The summed E-state index contributed by atoms with van der Waals surface area (Å²) in [7, 11) is 1.48. The van der Waals surface area contributed by atoms with Crippen LogP contribution in [0.25, 0.3) is 0 Å². The van der Waals surface area contributed by atoms with Gasteiger partial charge in [-0.15, -0.1) is 0 Å². The zero-order valence-electron chi connectivity index (χ0n) is 13.1. The lowest BCUT2D eigenvalue weighted by molar-refractivity contribution is -0.136. The summed E-state index contributed by atoms with van der Waals surface area (Å²) in [6, 6.07) is 9.85. The van der Waals surface area contributed by atoms with Gasteiger partial charge in [-0.3, -0.25) is 9.59 Å². The van der Waals surface area contributed by atoms with Gasteiger partial charge in [0.1, 0.15) is 11.6 Å². The van der Waals surface area contributed by atoms with E-state index in [4.69, 9.17) is 16.3 Å². The number of carbonyl (C=O) groups excluding carboxylic acids is 2. The lowest BCUT2D eigenvalue weighted by atomic mass is 10.1. The van der Waals surface area contributed by atoms with Crippen LogP contribution in [0.1, 0.15) is 18.5 Å². The van der Waals surface area contributed by atoms with Gasteiger partial charge >= 0.3 is 11.8 Å². The fourth-order valence-electron chi connectivity index (χ4n) is 2.03. The van der Waals surface area contributed by atoms with Gasteiger partial charge in [-0.05, 0) is 42.8 Å². The maximum atomic E-state index is 12.9. The van der Waals surface area contributed by atoms with Gasteiger partial charge in [-0.1, -0.05) is 23.7 Å². The van der Waals surface area contributed by atoms with Gasteiger partial charge < -0.3 is 15.4 Å². The van der Waals surface area contributed by atoms with E-state index in [0.717, 1.165) is 0 Å². The molecule has 2 aromatic rings. The molecule has 2 N–H and O–H groups in total. The van der Waals surface area contributed by atoms with Crippen molar-refractivity contribution in [1.29, 1.82) is 0 Å². The van der Waals surface area contributed by atoms with Crippen LogP contribution in [0.4, 0.5) is 10.1 Å². The van der Waals surface area contributed by atoms with E-state index in [9.17, 15) is 14.0 Å². The topological polar surface area (TPSA) is 67.4 Å². The van der Waals surface area contributed by atoms with Crippen molar-refractivity contribution in [1.82, 2.24) is 5.32 Å². The summed E-state index contributed by atoms with van der Waals surface area (Å²) in [4.78, 5) is 23.9. The molecule has 7 heteroatoms. The quantitative estimate of drug-likeness (QED) is 0.831. The summed E-state index contributed by atoms with van der Waals surface area (Å²) < 4.78 is 17.9. The molecule has 0 bridgehead atoms. The van der Waals surface area contributed by atoms with Crippen LogP contribution in [0.5, 0.6) is 5.75 Å². The normalized spacial score (nSPS) is 11.5. The highest BCUT2D eigenvalue weighted by molar-refractivity contribution is 6.40. The van der Waals surface area contributed by atoms with E-state index in [1.165, 1.54) is 25.3 Å². The van der Waals surface area contributed by atoms with Crippen molar-refractivity contribution in [3.63, 3.8) is 0 Å². The first-order valence-corrected chi connectivity index (χ1v) is 7.49. The largest absolute Gasteiger partial charge is 0.495 e. The first kappa shape index (κ1) is 17.7. The molecule has 1 atom stereocenters. The van der Waals surface area contributed by atoms with Crippen LogP contribution >= 0.6 is 11.6 Å². The van der Waals surface area contributed by atoms with Crippen LogP contribution in [0.15, 0.2) is 42.5 Å². The molecule has 126 valence electrons. The minimum absolute atomic E-state index is 0.315. The molecule has 0 saturated carbocycles. The van der Waals surface area contributed by atoms with Crippen LogP contribution in [-0.2, 0) is 9.59 Å². The predicted octanol–water partition coefficient (Wildman–Crippen LogP) is 3.30. The molecule has 2 rings (SSSR count). The smallest absolute Gasteiger partial charge is 0.313 e. The summed E-state index contributed by atoms with van der Waals surface area (Å²) in [5, 5.41) is 5.31. The van der Waals surface area contributed by atoms with E-state index in [1.54, 1.807) is 31.2 Å². The Hall–Kier alpha value is -2.60. The van der Waals surface area contributed by atoms with Crippen molar-refractivity contribution in [3.05, 3.63) is 58.9 Å². The van der Waals surface area contributed by atoms with Crippen LogP contribution in [0.2, 0.25) is 5.02 Å². The number of nitrogens with one attached hydrogen (secondary N) is 2. The van der Waals surface area contributed by atoms with Crippen LogP contribution in [0, 0.1) is 5.82 Å². The second kappa shape index (κ2) is 7.79. The lowest BCUT2D eigenvalue weighted by Crippen LogP contribution is -2.36. The molecule has 0 unspecified atom stereocenters. The number of hydrogen-bond acceptors (Lipinski definition) is 3. The van der Waals surface area contributed by atoms with Crippen molar-refractivity contribution in [2.75, 3.05) is 12.4 Å². The predicted molar refractivity (Wildman–Crippen MR) is 89.6 cm³/mol. The molecule has 0 aromatic heterocycles. The Kier molecular flexibility index (Phi) is 5.76. The summed E-state index contributed by atoms with van der Waals surface area (Å²) in [6.45, 7) is 1.70. The van der Waals surface area contributed by atoms with Gasteiger partial charge in [0.05, 0.1) is 18.2 Å². The average molecular weight is 351 g/mol. The van der Waals surface area contributed by atoms with E-state index in [1.807, 2.05) is 0 Å². The van der Waals surface area contributed by atoms with Crippen LogP contribution in [-0.4, -0.2) is 18.9 Å². The molecular weight excluding hydrogens is 335 g/mol. The van der Waals surface area contributed by atoms with Crippen molar-refractivity contribution in [2.45, 2.75) is 13.0 Å². The Balaban J connectivity index is 1.98. The summed E-state index contributed by atoms with van der Waals surface area (Å²) in [6.07, 6.45) is 0. The summed E-state index contributed by atoms with van der Waals surface area (Å²) >= 11 is 5.96. The van der Waals surface area contributed by atoms with Crippen molar-refractivity contribution in [2.24, 2.45) is 0 Å². The lowest BCUT2D eigenvalue weighted by Gasteiger charge is -2.14. The number of ether oxygens (including phenoxy) is 1. The molecular formula is C17H16ClFN2O3. The Morgan fingerprint density at radius 2 is 1.79 bits per heavy atom. The van der Waals surface area contributed by atoms with Gasteiger partial charge in [0.25, 0.3) is 0 Å². The first-order chi connectivity index (χ1) is 11.4. The molecule has 2 amide bonds. The maximum Gasteiger partial charge on any atom is 0.313 e. The number of anilines is 1. The Morgan fingerprint density at radius 1 is 1.12 bits per heavy atom. The Labute approximate surface area is 143 Å². The fourth-order valence-corrected chi connectivity index (χ4v) is 2.29. The highest BCUT2D eigenvalue weighted by Crippen LogP contribution is 2.27. The second-order valence-corrected chi connectivity index (χ2v) is 5.46. The van der Waals surface area contributed by atoms with Crippen molar-refractivity contribution < 1.29 is 18.7 Å². The third-order valence-electron chi connectivity index (χ3n) is 3.33. The second-order valence-electron chi connectivity index (χ2n) is 5.05. The van der Waals surface area contributed by atoms with Crippen molar-refractivity contribution in [3.8, 4) is 5.75 Å². The minimum atomic E-state index is -0.829. The van der Waals surface area contributed by atoms with E-state index in [0.29, 0.717) is 22.0 Å². The molecule has 0 heterocycles. The number of carbonyl (C=O) groups is 2. The summed E-state index contributed by atoms with van der Waals surface area (Å²) in [5.41, 5.74) is 1.06. The molecule has 0 radical (unpaired) electrons. The third-order valence-corrected chi connectivity index (χ3v) is 3.63. The molecule has 24 heavy (non-hydrogen) atoms. The zero-order valence-corrected chi connectivity index (χ0v) is 13.9. The third kappa shape index (κ3) is 4.45. The summed E-state index contributed by atoms with van der Waals surface area (Å²) in [5.74, 6) is -1.54. The van der Waals surface area contributed by atoms with E-state index in [-0.39, 0.29) is 5.82 Å². The number of benzene rings is 2. The van der Waals surface area contributed by atoms with E-state index >= 15 is 0 Å². The first-order valence-electron chi connectivity index (χ1n) is 7.11. The monoisotopic (exact) mass is 350 g/mol. The van der Waals surface area contributed by atoms with Gasteiger partial charge in [0.15, 0.2) is 0 Å². The highest BCUT2D eigenvalue weighted by atomic mass is 35.5. The number of methoxy groups -OCH3 is 1. The van der Waals surface area contributed by atoms with E-state index in [2.05, 4.69) is 10.6 Å². The number of amides is 2. The van der Waals surface area contributed by atoms with Gasteiger partial charge in [-0.2, -0.15) is 0 Å². The minimum Gasteiger partial charge on any atom is -0.495 e. The highest BCUT2D eigenvalue weighted by Gasteiger charge is 2.17. The Bertz CT molecular complexity index is 750.